The number of aryl methyl sites for hydroxylation is 1. The van der Waals surface area contributed by atoms with Crippen molar-refractivity contribution >= 4 is 44.8 Å². The topological polar surface area (TPSA) is 88.6 Å². The van der Waals surface area contributed by atoms with E-state index in [1.807, 2.05) is 0 Å². The quantitative estimate of drug-likeness (QED) is 0.507. The van der Waals surface area contributed by atoms with Gasteiger partial charge in [0.25, 0.3) is 10.0 Å². The van der Waals surface area contributed by atoms with Crippen LogP contribution in [-0.2, 0) is 21.4 Å². The standard InChI is InChI=1S/C22H21Cl2N3O4S/c1-15-3-4-20(31-2)21(9-15)32(29,30)27(19-11-17(23)10-18(24)12-19)14-22(28)26-13-16-5-7-25-8-6-16/h3-12H,13-14H2,1-2H3,(H,26,28). The van der Waals surface area contributed by atoms with E-state index in [4.69, 9.17) is 27.9 Å². The third-order valence-corrected chi connectivity index (χ3v) is 6.78. The number of nitrogens with one attached hydrogen (secondary N) is 1. The maximum Gasteiger partial charge on any atom is 0.268 e. The van der Waals surface area contributed by atoms with Crippen molar-refractivity contribution in [2.24, 2.45) is 0 Å². The highest BCUT2D eigenvalue weighted by Crippen LogP contribution is 2.33. The molecule has 0 atom stereocenters. The highest BCUT2D eigenvalue weighted by atomic mass is 35.5. The Morgan fingerprint density at radius 1 is 1.06 bits per heavy atom. The van der Waals surface area contributed by atoms with Gasteiger partial charge in [-0.05, 0) is 60.5 Å². The summed E-state index contributed by atoms with van der Waals surface area (Å²) in [6, 6.07) is 12.6. The SMILES string of the molecule is COc1ccc(C)cc1S(=O)(=O)N(CC(=O)NCc1ccncc1)c1cc(Cl)cc(Cl)c1. The molecule has 0 radical (unpaired) electrons. The molecule has 2 aromatic carbocycles. The van der Waals surface area contributed by atoms with Gasteiger partial charge in [0.15, 0.2) is 0 Å². The van der Waals surface area contributed by atoms with Crippen LogP contribution in [0.15, 0.2) is 65.8 Å². The number of carbonyl (C=O) groups excluding carboxylic acids is 1. The summed E-state index contributed by atoms with van der Waals surface area (Å²) in [5.74, 6) is -0.348. The first-order chi connectivity index (χ1) is 15.2. The average Bonchev–Trinajstić information content (AvgIpc) is 2.76. The van der Waals surface area contributed by atoms with Crippen LogP contribution in [0.25, 0.3) is 0 Å². The molecule has 7 nitrogen and oxygen atoms in total. The second kappa shape index (κ2) is 10.2. The van der Waals surface area contributed by atoms with Crippen LogP contribution in [0.4, 0.5) is 5.69 Å². The zero-order valence-electron chi connectivity index (χ0n) is 17.4. The molecule has 0 fully saturated rings. The lowest BCUT2D eigenvalue weighted by molar-refractivity contribution is -0.119. The number of methoxy groups -OCH3 is 1. The molecule has 32 heavy (non-hydrogen) atoms. The van der Waals surface area contributed by atoms with E-state index in [0.29, 0.717) is 0 Å². The maximum atomic E-state index is 13.7. The molecule has 0 saturated carbocycles. The number of hydrogen-bond donors (Lipinski definition) is 1. The molecule has 1 aromatic heterocycles. The molecule has 0 unspecified atom stereocenters. The van der Waals surface area contributed by atoms with E-state index in [1.165, 1.54) is 31.4 Å². The summed E-state index contributed by atoms with van der Waals surface area (Å²) in [6.45, 7) is 1.50. The van der Waals surface area contributed by atoms with Crippen LogP contribution in [0.1, 0.15) is 11.1 Å². The maximum absolute atomic E-state index is 13.7. The molecule has 3 aromatic rings. The predicted octanol–water partition coefficient (Wildman–Crippen LogP) is 4.22. The van der Waals surface area contributed by atoms with E-state index < -0.39 is 22.5 Å². The van der Waals surface area contributed by atoms with Gasteiger partial charge in [-0.3, -0.25) is 14.1 Å². The zero-order valence-corrected chi connectivity index (χ0v) is 19.7. The zero-order chi connectivity index (χ0) is 23.3. The van der Waals surface area contributed by atoms with Crippen molar-refractivity contribution in [1.29, 1.82) is 0 Å². The van der Waals surface area contributed by atoms with E-state index in [1.54, 1.807) is 43.6 Å². The van der Waals surface area contributed by atoms with Gasteiger partial charge in [0, 0.05) is 29.0 Å². The van der Waals surface area contributed by atoms with Gasteiger partial charge in [-0.25, -0.2) is 8.42 Å². The fourth-order valence-corrected chi connectivity index (χ4v) is 5.15. The molecule has 10 heteroatoms. The molecule has 0 aliphatic heterocycles. The van der Waals surface area contributed by atoms with Crippen LogP contribution >= 0.6 is 23.2 Å². The molecule has 0 bridgehead atoms. The minimum absolute atomic E-state index is 0.0713. The van der Waals surface area contributed by atoms with Crippen LogP contribution in [0.3, 0.4) is 0 Å². The molecule has 0 spiro atoms. The smallest absolute Gasteiger partial charge is 0.268 e. The normalized spacial score (nSPS) is 11.1. The third kappa shape index (κ3) is 5.70. The minimum atomic E-state index is -4.21. The Hall–Kier alpha value is -2.81. The number of amides is 1. The molecule has 0 saturated heterocycles. The second-order valence-electron chi connectivity index (χ2n) is 6.93. The Bertz CT molecular complexity index is 1200. The van der Waals surface area contributed by atoms with Gasteiger partial charge in [0.2, 0.25) is 5.91 Å². The Morgan fingerprint density at radius 3 is 2.34 bits per heavy atom. The molecular formula is C22H21Cl2N3O4S. The van der Waals surface area contributed by atoms with Gasteiger partial charge < -0.3 is 10.1 Å². The molecule has 0 aliphatic carbocycles. The largest absolute Gasteiger partial charge is 0.495 e. The number of carbonyl (C=O) groups is 1. The fraction of sp³-hybridized carbons (Fsp3) is 0.182. The van der Waals surface area contributed by atoms with Crippen LogP contribution in [0.2, 0.25) is 10.0 Å². The molecule has 1 N–H and O–H groups in total. The molecule has 3 rings (SSSR count). The number of hydrogen-bond acceptors (Lipinski definition) is 5. The van der Waals surface area contributed by atoms with Crippen molar-refractivity contribution < 1.29 is 17.9 Å². The van der Waals surface area contributed by atoms with Crippen molar-refractivity contribution in [3.8, 4) is 5.75 Å². The number of nitrogens with zero attached hydrogens (tertiary/aromatic N) is 2. The average molecular weight is 494 g/mol. The lowest BCUT2D eigenvalue weighted by atomic mass is 10.2. The number of ether oxygens (including phenoxy) is 1. The molecule has 0 aliphatic rings. The lowest BCUT2D eigenvalue weighted by Gasteiger charge is -2.25. The van der Waals surface area contributed by atoms with Crippen molar-refractivity contribution in [2.75, 3.05) is 18.0 Å². The molecule has 1 heterocycles. The fourth-order valence-electron chi connectivity index (χ4n) is 2.99. The number of rotatable bonds is 8. The van der Waals surface area contributed by atoms with Gasteiger partial charge in [-0.1, -0.05) is 29.3 Å². The van der Waals surface area contributed by atoms with Crippen LogP contribution in [0, 0.1) is 6.92 Å². The summed E-state index contributed by atoms with van der Waals surface area (Å²) < 4.78 is 33.6. The number of halogens is 2. The Labute approximate surface area is 197 Å². The highest BCUT2D eigenvalue weighted by Gasteiger charge is 2.30. The Morgan fingerprint density at radius 2 is 1.72 bits per heavy atom. The second-order valence-corrected chi connectivity index (χ2v) is 9.63. The first kappa shape index (κ1) is 23.8. The first-order valence-corrected chi connectivity index (χ1v) is 11.7. The Kier molecular flexibility index (Phi) is 7.60. The van der Waals surface area contributed by atoms with Crippen LogP contribution in [-0.4, -0.2) is 33.0 Å². The highest BCUT2D eigenvalue weighted by molar-refractivity contribution is 7.93. The number of benzene rings is 2. The van der Waals surface area contributed by atoms with Crippen molar-refractivity contribution in [1.82, 2.24) is 10.3 Å². The van der Waals surface area contributed by atoms with Gasteiger partial charge in [-0.2, -0.15) is 0 Å². The Balaban J connectivity index is 1.99. The van der Waals surface area contributed by atoms with Crippen molar-refractivity contribution in [2.45, 2.75) is 18.4 Å². The van der Waals surface area contributed by atoms with Gasteiger partial charge in [0.05, 0.1) is 12.8 Å². The summed E-state index contributed by atoms with van der Waals surface area (Å²) >= 11 is 12.2. The van der Waals surface area contributed by atoms with Crippen LogP contribution in [0.5, 0.6) is 5.75 Å². The summed E-state index contributed by atoms with van der Waals surface area (Å²) in [5.41, 5.74) is 1.70. The first-order valence-electron chi connectivity index (χ1n) is 9.50. The van der Waals surface area contributed by atoms with Gasteiger partial charge >= 0.3 is 0 Å². The number of aromatic nitrogens is 1. The lowest BCUT2D eigenvalue weighted by Crippen LogP contribution is -2.40. The minimum Gasteiger partial charge on any atom is -0.495 e. The summed E-state index contributed by atoms with van der Waals surface area (Å²) in [7, 11) is -2.83. The summed E-state index contributed by atoms with van der Waals surface area (Å²) in [4.78, 5) is 16.6. The van der Waals surface area contributed by atoms with Crippen molar-refractivity contribution in [3.05, 3.63) is 82.1 Å². The van der Waals surface area contributed by atoms with E-state index in [2.05, 4.69) is 10.3 Å². The van der Waals surface area contributed by atoms with E-state index in [0.717, 1.165) is 15.4 Å². The van der Waals surface area contributed by atoms with Gasteiger partial charge in [0.1, 0.15) is 17.2 Å². The molecular weight excluding hydrogens is 473 g/mol. The number of sulfonamides is 1. The van der Waals surface area contributed by atoms with Crippen molar-refractivity contribution in [3.63, 3.8) is 0 Å². The van der Waals surface area contributed by atoms with E-state index >= 15 is 0 Å². The summed E-state index contributed by atoms with van der Waals surface area (Å²) in [5, 5.41) is 3.20. The van der Waals surface area contributed by atoms with E-state index in [-0.39, 0.29) is 32.9 Å². The summed E-state index contributed by atoms with van der Waals surface area (Å²) in [6.07, 6.45) is 3.21. The van der Waals surface area contributed by atoms with Gasteiger partial charge in [-0.15, -0.1) is 0 Å². The predicted molar refractivity (Wildman–Crippen MR) is 125 cm³/mol. The number of pyridine rings is 1. The molecule has 1 amide bonds. The van der Waals surface area contributed by atoms with E-state index in [9.17, 15) is 13.2 Å². The third-order valence-electron chi connectivity index (χ3n) is 4.55. The number of anilines is 1. The monoisotopic (exact) mass is 493 g/mol. The van der Waals surface area contributed by atoms with Crippen LogP contribution < -0.4 is 14.4 Å². The molecule has 168 valence electrons.